The molecule has 18 heavy (non-hydrogen) atoms. The summed E-state index contributed by atoms with van der Waals surface area (Å²) in [6.07, 6.45) is 11.1. The molecule has 0 saturated carbocycles. The van der Waals surface area contributed by atoms with Crippen LogP contribution in [0.3, 0.4) is 0 Å². The Morgan fingerprint density at radius 1 is 1.06 bits per heavy atom. The second-order valence-corrected chi connectivity index (χ2v) is 4.82. The average Bonchev–Trinajstić information content (AvgIpc) is 2.26. The van der Waals surface area contributed by atoms with Gasteiger partial charge in [-0.3, -0.25) is 4.79 Å². The van der Waals surface area contributed by atoms with Gasteiger partial charge in [0.05, 0.1) is 0 Å². The average molecular weight is 267 g/mol. The molecule has 0 aliphatic heterocycles. The molecule has 0 aromatic carbocycles. The molecule has 104 valence electrons. The Morgan fingerprint density at radius 3 is 1.94 bits per heavy atom. The summed E-state index contributed by atoms with van der Waals surface area (Å²) in [6.45, 7) is 3.80. The Hall–Kier alpha value is 0.430. The Morgan fingerprint density at radius 2 is 1.50 bits per heavy atom. The molecule has 1 amide bonds. The number of hydrogen-bond acceptors (Lipinski definition) is 2. The van der Waals surface area contributed by atoms with Gasteiger partial charge in [0, 0.05) is 6.42 Å². The van der Waals surface area contributed by atoms with Gasteiger partial charge in [-0.15, -0.1) is 0 Å². The van der Waals surface area contributed by atoms with Crippen LogP contribution in [0.2, 0.25) is 0 Å². The minimum Gasteiger partial charge on any atom is -1.00 e. The summed E-state index contributed by atoms with van der Waals surface area (Å²) in [7, 11) is 0. The zero-order valence-corrected chi connectivity index (χ0v) is 14.5. The maximum atomic E-state index is 11.2. The van der Waals surface area contributed by atoms with E-state index in [-0.39, 0.29) is 36.9 Å². The van der Waals surface area contributed by atoms with E-state index >= 15 is 0 Å². The van der Waals surface area contributed by atoms with Crippen LogP contribution in [0, 0.1) is 0 Å². The Kier molecular flexibility index (Phi) is 17.8. The first kappa shape index (κ1) is 20.7. The molecule has 0 saturated heterocycles. The maximum absolute atomic E-state index is 11.2. The Labute approximate surface area is 136 Å². The zero-order chi connectivity index (χ0) is 12.9. The van der Waals surface area contributed by atoms with Crippen molar-refractivity contribution in [1.82, 2.24) is 5.32 Å². The third kappa shape index (κ3) is 16.4. The van der Waals surface area contributed by atoms with Crippen LogP contribution in [0.5, 0.6) is 0 Å². The number of carbonyl (C=O) groups is 1. The fourth-order valence-electron chi connectivity index (χ4n) is 1.90. The number of hydrogen-bond donors (Lipinski definition) is 2. The number of aliphatic hydroxyl groups excluding tert-OH is 1. The number of aliphatic hydroxyl groups is 1. The third-order valence-corrected chi connectivity index (χ3v) is 2.88. The normalized spacial score (nSPS) is 11.7. The van der Waals surface area contributed by atoms with Crippen molar-refractivity contribution in [3.63, 3.8) is 0 Å². The van der Waals surface area contributed by atoms with Crippen LogP contribution in [-0.2, 0) is 4.79 Å². The van der Waals surface area contributed by atoms with Gasteiger partial charge < -0.3 is 11.8 Å². The van der Waals surface area contributed by atoms with Gasteiger partial charge in [0.2, 0.25) is 5.91 Å². The molecule has 0 spiro atoms. The number of nitrogens with one attached hydrogen (secondary N) is 1. The van der Waals surface area contributed by atoms with Crippen molar-refractivity contribution in [3.05, 3.63) is 0 Å². The minimum absolute atomic E-state index is 0. The van der Waals surface area contributed by atoms with E-state index in [0.29, 0.717) is 6.42 Å². The van der Waals surface area contributed by atoms with Crippen LogP contribution in [0.15, 0.2) is 0 Å². The second kappa shape index (κ2) is 15.5. The molecule has 0 fully saturated rings. The van der Waals surface area contributed by atoms with Crippen molar-refractivity contribution in [2.45, 2.75) is 84.3 Å². The third-order valence-electron chi connectivity index (χ3n) is 2.88. The van der Waals surface area contributed by atoms with Crippen LogP contribution in [0.1, 0.15) is 79.5 Å². The smallest absolute Gasteiger partial charge is 1.00 e. The molecule has 0 aromatic rings. The first-order valence-electron chi connectivity index (χ1n) is 7.14. The van der Waals surface area contributed by atoms with Crippen molar-refractivity contribution in [2.75, 3.05) is 0 Å². The van der Waals surface area contributed by atoms with Gasteiger partial charge in [0.1, 0.15) is 6.23 Å². The van der Waals surface area contributed by atoms with E-state index < -0.39 is 6.23 Å². The predicted molar refractivity (Wildman–Crippen MR) is 72.8 cm³/mol. The van der Waals surface area contributed by atoms with Gasteiger partial charge in [-0.05, 0) is 13.3 Å². The van der Waals surface area contributed by atoms with E-state index in [2.05, 4.69) is 12.2 Å². The zero-order valence-electron chi connectivity index (χ0n) is 13.5. The van der Waals surface area contributed by atoms with Crippen LogP contribution in [0.4, 0.5) is 0 Å². The van der Waals surface area contributed by atoms with Gasteiger partial charge in [0.25, 0.3) is 0 Å². The summed E-state index contributed by atoms with van der Waals surface area (Å²) < 4.78 is 0. The molecule has 0 radical (unpaired) electrons. The fourth-order valence-corrected chi connectivity index (χ4v) is 1.90. The molecular weight excluding hydrogens is 237 g/mol. The van der Waals surface area contributed by atoms with Crippen LogP contribution in [0.25, 0.3) is 0 Å². The maximum Gasteiger partial charge on any atom is 1.00 e. The van der Waals surface area contributed by atoms with E-state index in [1.165, 1.54) is 44.9 Å². The summed E-state index contributed by atoms with van der Waals surface area (Å²) in [5.41, 5.74) is 0. The number of unbranched alkanes of at least 4 members (excludes halogenated alkanes) is 8. The molecule has 0 bridgehead atoms. The van der Waals surface area contributed by atoms with Gasteiger partial charge >= 0.3 is 29.6 Å². The SMILES string of the molecule is CCCCCCCCCCCC(=O)NC(C)O.[H-].[Na+]. The Balaban J connectivity index is -0.00000128. The van der Waals surface area contributed by atoms with Crippen molar-refractivity contribution >= 4 is 5.91 Å². The molecule has 0 aromatic heterocycles. The number of carbonyl (C=O) groups excluding carboxylic acids is 1. The minimum atomic E-state index is -0.721. The molecule has 0 rings (SSSR count). The molecule has 1 unspecified atom stereocenters. The molecule has 1 atom stereocenters. The molecule has 3 nitrogen and oxygen atoms in total. The van der Waals surface area contributed by atoms with Crippen molar-refractivity contribution in [3.8, 4) is 0 Å². The van der Waals surface area contributed by atoms with Crippen molar-refractivity contribution in [2.24, 2.45) is 0 Å². The Bertz CT molecular complexity index is 192. The first-order valence-corrected chi connectivity index (χ1v) is 7.14. The largest absolute Gasteiger partial charge is 1.00 e. The first-order chi connectivity index (χ1) is 8.16. The molecule has 0 heterocycles. The van der Waals surface area contributed by atoms with Crippen LogP contribution < -0.4 is 34.9 Å². The van der Waals surface area contributed by atoms with E-state index in [0.717, 1.165) is 12.8 Å². The summed E-state index contributed by atoms with van der Waals surface area (Å²) in [6, 6.07) is 0. The van der Waals surface area contributed by atoms with Gasteiger partial charge in [-0.1, -0.05) is 58.3 Å². The molecule has 0 aliphatic rings. The van der Waals surface area contributed by atoms with Gasteiger partial charge in [-0.25, -0.2) is 0 Å². The fraction of sp³-hybridized carbons (Fsp3) is 0.929. The second-order valence-electron chi connectivity index (χ2n) is 4.82. The molecule has 2 N–H and O–H groups in total. The quantitative estimate of drug-likeness (QED) is 0.325. The molecular formula is C14H30NNaO2. The number of amides is 1. The van der Waals surface area contributed by atoms with Crippen molar-refractivity contribution < 1.29 is 40.9 Å². The van der Waals surface area contributed by atoms with Crippen LogP contribution >= 0.6 is 0 Å². The predicted octanol–water partition coefficient (Wildman–Crippen LogP) is 0.478. The van der Waals surface area contributed by atoms with E-state index in [4.69, 9.17) is 5.11 Å². The summed E-state index contributed by atoms with van der Waals surface area (Å²) >= 11 is 0. The van der Waals surface area contributed by atoms with Crippen LogP contribution in [-0.4, -0.2) is 17.2 Å². The standard InChI is InChI=1S/C14H29NO2.Na.H/c1-3-4-5-6-7-8-9-10-11-12-14(17)15-13(2)16;;/h13,16H,3-12H2,1-2H3,(H,15,17);;/q;+1;-1. The van der Waals surface area contributed by atoms with Crippen molar-refractivity contribution in [1.29, 1.82) is 0 Å². The summed E-state index contributed by atoms with van der Waals surface area (Å²) in [4.78, 5) is 11.2. The van der Waals surface area contributed by atoms with Gasteiger partial charge in [0.15, 0.2) is 0 Å². The summed E-state index contributed by atoms with van der Waals surface area (Å²) in [5.74, 6) is -0.0389. The van der Waals surface area contributed by atoms with E-state index in [1.807, 2.05) is 0 Å². The topological polar surface area (TPSA) is 49.3 Å². The van der Waals surface area contributed by atoms with E-state index in [1.54, 1.807) is 6.92 Å². The van der Waals surface area contributed by atoms with E-state index in [9.17, 15) is 4.79 Å². The monoisotopic (exact) mass is 267 g/mol. The van der Waals surface area contributed by atoms with Gasteiger partial charge in [-0.2, -0.15) is 0 Å². The molecule has 4 heteroatoms. The number of rotatable bonds is 11. The summed E-state index contributed by atoms with van der Waals surface area (Å²) in [5, 5.41) is 11.4. The molecule has 0 aliphatic carbocycles.